The van der Waals surface area contributed by atoms with E-state index in [1.165, 1.54) is 0 Å². The Hall–Kier alpha value is -3.09. The normalized spacial score (nSPS) is 11.2. The first kappa shape index (κ1) is 18.0. The van der Waals surface area contributed by atoms with Crippen molar-refractivity contribution in [3.8, 4) is 11.5 Å². The van der Waals surface area contributed by atoms with Gasteiger partial charge in [-0.1, -0.05) is 45.7 Å². The van der Waals surface area contributed by atoms with Gasteiger partial charge in [0.05, 0.1) is 10.6 Å². The van der Waals surface area contributed by atoms with Crippen LogP contribution in [0.2, 0.25) is 5.02 Å². The van der Waals surface area contributed by atoms with Gasteiger partial charge >= 0.3 is 0 Å². The Morgan fingerprint density at radius 2 is 1.83 bits per heavy atom. The van der Waals surface area contributed by atoms with E-state index >= 15 is 0 Å². The molecule has 5 nitrogen and oxygen atoms in total. The van der Waals surface area contributed by atoms with Gasteiger partial charge in [0.2, 0.25) is 5.89 Å². The number of halogens is 2. The van der Waals surface area contributed by atoms with Gasteiger partial charge in [-0.05, 0) is 48.5 Å². The first-order chi connectivity index (χ1) is 14.1. The zero-order valence-electron chi connectivity index (χ0n) is 14.8. The lowest BCUT2D eigenvalue weighted by Gasteiger charge is -2.02. The molecule has 5 aromatic rings. The van der Waals surface area contributed by atoms with Gasteiger partial charge in [-0.3, -0.25) is 4.79 Å². The molecule has 7 heteroatoms. The summed E-state index contributed by atoms with van der Waals surface area (Å²) in [6.07, 6.45) is 0. The Kier molecular flexibility index (Phi) is 4.38. The zero-order chi connectivity index (χ0) is 20.0. The van der Waals surface area contributed by atoms with E-state index in [-0.39, 0.29) is 11.7 Å². The van der Waals surface area contributed by atoms with Crippen molar-refractivity contribution in [2.45, 2.75) is 0 Å². The number of oxazole rings is 1. The molecule has 0 saturated heterocycles. The smallest absolute Gasteiger partial charge is 0.291 e. The number of anilines is 1. The van der Waals surface area contributed by atoms with Gasteiger partial charge in [0, 0.05) is 15.5 Å². The van der Waals surface area contributed by atoms with Crippen LogP contribution in [0.5, 0.6) is 0 Å². The number of benzene rings is 3. The van der Waals surface area contributed by atoms with Crippen molar-refractivity contribution in [2.75, 3.05) is 5.32 Å². The molecular formula is C22H12BrClN2O3. The van der Waals surface area contributed by atoms with E-state index in [0.29, 0.717) is 38.8 Å². The molecule has 2 aromatic heterocycles. The van der Waals surface area contributed by atoms with Gasteiger partial charge in [-0.2, -0.15) is 0 Å². The third-order valence-electron chi connectivity index (χ3n) is 4.45. The van der Waals surface area contributed by atoms with Gasteiger partial charge < -0.3 is 14.2 Å². The van der Waals surface area contributed by atoms with Gasteiger partial charge in [-0.15, -0.1) is 0 Å². The molecule has 0 aliphatic carbocycles. The Balaban J connectivity index is 1.45. The average Bonchev–Trinajstić information content (AvgIpc) is 3.33. The number of rotatable bonds is 3. The highest BCUT2D eigenvalue weighted by molar-refractivity contribution is 9.10. The van der Waals surface area contributed by atoms with Crippen molar-refractivity contribution >= 4 is 61.2 Å². The second-order valence-electron chi connectivity index (χ2n) is 6.43. The first-order valence-electron chi connectivity index (χ1n) is 8.73. The minimum atomic E-state index is -0.334. The monoisotopic (exact) mass is 466 g/mol. The van der Waals surface area contributed by atoms with Crippen molar-refractivity contribution < 1.29 is 13.6 Å². The number of hydrogen-bond acceptors (Lipinski definition) is 4. The summed E-state index contributed by atoms with van der Waals surface area (Å²) in [5.74, 6) is 0.319. The van der Waals surface area contributed by atoms with Crippen molar-refractivity contribution in [1.29, 1.82) is 0 Å². The third-order valence-corrected chi connectivity index (χ3v) is 5.28. The largest absolute Gasteiger partial charge is 0.451 e. The summed E-state index contributed by atoms with van der Waals surface area (Å²) < 4.78 is 12.3. The van der Waals surface area contributed by atoms with Gasteiger partial charge in [-0.25, -0.2) is 4.98 Å². The van der Waals surface area contributed by atoms with E-state index in [1.54, 1.807) is 30.3 Å². The van der Waals surface area contributed by atoms with E-state index in [4.69, 9.17) is 20.4 Å². The number of nitrogens with zero attached hydrogens (tertiary/aromatic N) is 1. The predicted molar refractivity (Wildman–Crippen MR) is 116 cm³/mol. The number of para-hydroxylation sites is 1. The Bertz CT molecular complexity index is 1360. The molecule has 0 aliphatic rings. The standard InChI is InChI=1S/C22H12BrClN2O3/c23-13-5-7-16(24)15(10-13)22-26-17-11-14(6-8-19(17)29-22)25-21(27)20-9-12-3-1-2-4-18(12)28-20/h1-11H,(H,25,27). The molecule has 29 heavy (non-hydrogen) atoms. The molecule has 0 aliphatic heterocycles. The molecule has 3 aromatic carbocycles. The molecule has 5 rings (SSSR count). The maximum atomic E-state index is 12.6. The molecule has 0 fully saturated rings. The lowest BCUT2D eigenvalue weighted by molar-refractivity contribution is 0.0998. The molecule has 0 atom stereocenters. The minimum absolute atomic E-state index is 0.244. The molecule has 0 spiro atoms. The van der Waals surface area contributed by atoms with Crippen molar-refractivity contribution in [3.05, 3.63) is 82.0 Å². The summed E-state index contributed by atoms with van der Waals surface area (Å²) in [7, 11) is 0. The maximum absolute atomic E-state index is 12.6. The molecular weight excluding hydrogens is 456 g/mol. The number of furan rings is 1. The zero-order valence-corrected chi connectivity index (χ0v) is 17.1. The average molecular weight is 468 g/mol. The molecule has 142 valence electrons. The number of amides is 1. The number of fused-ring (bicyclic) bond motifs is 2. The van der Waals surface area contributed by atoms with E-state index < -0.39 is 0 Å². The quantitative estimate of drug-likeness (QED) is 0.313. The highest BCUT2D eigenvalue weighted by Crippen LogP contribution is 2.33. The van der Waals surface area contributed by atoms with Crippen molar-refractivity contribution in [3.63, 3.8) is 0 Å². The second-order valence-corrected chi connectivity index (χ2v) is 7.75. The minimum Gasteiger partial charge on any atom is -0.451 e. The summed E-state index contributed by atoms with van der Waals surface area (Å²) in [4.78, 5) is 17.1. The van der Waals surface area contributed by atoms with Crippen molar-refractivity contribution in [1.82, 2.24) is 4.98 Å². The van der Waals surface area contributed by atoms with E-state index in [0.717, 1.165) is 9.86 Å². The number of carbonyl (C=O) groups is 1. The highest BCUT2D eigenvalue weighted by atomic mass is 79.9. The van der Waals surface area contributed by atoms with Crippen LogP contribution in [0.15, 0.2) is 80.0 Å². The van der Waals surface area contributed by atoms with Crippen LogP contribution in [0.3, 0.4) is 0 Å². The van der Waals surface area contributed by atoms with Crippen LogP contribution in [-0.4, -0.2) is 10.9 Å². The number of nitrogens with one attached hydrogen (secondary N) is 1. The van der Waals surface area contributed by atoms with E-state index in [2.05, 4.69) is 26.2 Å². The van der Waals surface area contributed by atoms with Crippen LogP contribution >= 0.6 is 27.5 Å². The molecule has 2 heterocycles. The van der Waals surface area contributed by atoms with Gasteiger partial charge in [0.15, 0.2) is 11.3 Å². The topological polar surface area (TPSA) is 68.3 Å². The number of hydrogen-bond donors (Lipinski definition) is 1. The fourth-order valence-electron chi connectivity index (χ4n) is 3.07. The van der Waals surface area contributed by atoms with Crippen LogP contribution in [0, 0.1) is 0 Å². The fourth-order valence-corrected chi connectivity index (χ4v) is 3.63. The van der Waals surface area contributed by atoms with Crippen LogP contribution in [0.25, 0.3) is 33.5 Å². The lowest BCUT2D eigenvalue weighted by Crippen LogP contribution is -2.10. The first-order valence-corrected chi connectivity index (χ1v) is 9.90. The maximum Gasteiger partial charge on any atom is 0.291 e. The predicted octanol–water partition coefficient (Wildman–Crippen LogP) is 6.91. The van der Waals surface area contributed by atoms with E-state index in [9.17, 15) is 4.79 Å². The SMILES string of the molecule is O=C(Nc1ccc2oc(-c3cc(Br)ccc3Cl)nc2c1)c1cc2ccccc2o1. The number of aromatic nitrogens is 1. The fraction of sp³-hybridized carbons (Fsp3) is 0. The Morgan fingerprint density at radius 1 is 0.966 bits per heavy atom. The molecule has 1 amide bonds. The van der Waals surface area contributed by atoms with Gasteiger partial charge in [0.1, 0.15) is 11.1 Å². The molecule has 0 saturated carbocycles. The lowest BCUT2D eigenvalue weighted by atomic mass is 10.2. The van der Waals surface area contributed by atoms with Crippen LogP contribution < -0.4 is 5.32 Å². The molecule has 0 unspecified atom stereocenters. The van der Waals surface area contributed by atoms with Crippen LogP contribution in [0.4, 0.5) is 5.69 Å². The highest BCUT2D eigenvalue weighted by Gasteiger charge is 2.15. The second kappa shape index (κ2) is 7.06. The van der Waals surface area contributed by atoms with Crippen LogP contribution in [0.1, 0.15) is 10.6 Å². The van der Waals surface area contributed by atoms with Crippen molar-refractivity contribution in [2.24, 2.45) is 0 Å². The third kappa shape index (κ3) is 3.41. The summed E-state index contributed by atoms with van der Waals surface area (Å²) >= 11 is 9.70. The molecule has 0 bridgehead atoms. The molecule has 1 N–H and O–H groups in total. The Labute approximate surface area is 178 Å². The van der Waals surface area contributed by atoms with Crippen LogP contribution in [-0.2, 0) is 0 Å². The molecule has 0 radical (unpaired) electrons. The van der Waals surface area contributed by atoms with Gasteiger partial charge in [0.25, 0.3) is 5.91 Å². The summed E-state index contributed by atoms with van der Waals surface area (Å²) in [5.41, 5.74) is 3.14. The Morgan fingerprint density at radius 3 is 2.69 bits per heavy atom. The number of carbonyl (C=O) groups excluding carboxylic acids is 1. The van der Waals surface area contributed by atoms with E-state index in [1.807, 2.05) is 36.4 Å². The summed E-state index contributed by atoms with van der Waals surface area (Å²) in [6, 6.07) is 19.9. The summed E-state index contributed by atoms with van der Waals surface area (Å²) in [5, 5.41) is 4.25. The summed E-state index contributed by atoms with van der Waals surface area (Å²) in [6.45, 7) is 0.